The van der Waals surface area contributed by atoms with Crippen LogP contribution in [0.25, 0.3) is 0 Å². The summed E-state index contributed by atoms with van der Waals surface area (Å²) in [7, 11) is 4.07. The summed E-state index contributed by atoms with van der Waals surface area (Å²) in [6.45, 7) is 1.43. The Bertz CT molecular complexity index is 251. The zero-order valence-electron chi connectivity index (χ0n) is 11.8. The van der Waals surface area contributed by atoms with E-state index in [-0.39, 0.29) is 24.8 Å². The molecule has 0 saturated carbocycles. The number of nitrogens with zero attached hydrogens (tertiary/aromatic N) is 1. The van der Waals surface area contributed by atoms with Crippen molar-refractivity contribution in [1.82, 2.24) is 4.90 Å². The number of hydrogen-bond acceptors (Lipinski definition) is 7. The average molecular weight is 277 g/mol. The molecule has 0 aliphatic rings. The van der Waals surface area contributed by atoms with Gasteiger partial charge in [-0.15, -0.1) is 0 Å². The fraction of sp³-hybridized carbons (Fsp3) is 0.833. The van der Waals surface area contributed by atoms with Gasteiger partial charge in [-0.05, 0) is 0 Å². The van der Waals surface area contributed by atoms with Crippen molar-refractivity contribution in [3.8, 4) is 0 Å². The van der Waals surface area contributed by atoms with Gasteiger partial charge in [0, 0.05) is 33.2 Å². The molecule has 0 radical (unpaired) electrons. The van der Waals surface area contributed by atoms with Crippen molar-refractivity contribution in [2.45, 2.75) is 25.6 Å². The molecular weight excluding hydrogens is 254 g/mol. The van der Waals surface area contributed by atoms with Gasteiger partial charge in [-0.2, -0.15) is 0 Å². The maximum atomic E-state index is 11.1. The second-order valence-electron chi connectivity index (χ2n) is 3.97. The maximum Gasteiger partial charge on any atom is 0.306 e. The lowest BCUT2D eigenvalue weighted by atomic mass is 10.3. The summed E-state index contributed by atoms with van der Waals surface area (Å²) >= 11 is 0. The van der Waals surface area contributed by atoms with Gasteiger partial charge in [0.2, 0.25) is 0 Å². The summed E-state index contributed by atoms with van der Waals surface area (Å²) in [6, 6.07) is 0. The summed E-state index contributed by atoms with van der Waals surface area (Å²) < 4.78 is 13.9. The van der Waals surface area contributed by atoms with Gasteiger partial charge >= 0.3 is 11.9 Å². The van der Waals surface area contributed by atoms with Crippen LogP contribution >= 0.6 is 0 Å². The fourth-order valence-corrected chi connectivity index (χ4v) is 1.45. The first-order valence-corrected chi connectivity index (χ1v) is 6.10. The minimum Gasteiger partial charge on any atom is -0.469 e. The number of aliphatic hydroxyl groups is 1. The minimum absolute atomic E-state index is 0.237. The van der Waals surface area contributed by atoms with Crippen molar-refractivity contribution in [3.63, 3.8) is 0 Å². The predicted octanol–water partition coefficient (Wildman–Crippen LogP) is -0.230. The Hall–Kier alpha value is -1.18. The molecule has 7 nitrogen and oxygen atoms in total. The zero-order valence-corrected chi connectivity index (χ0v) is 11.8. The summed E-state index contributed by atoms with van der Waals surface area (Å²) in [4.78, 5) is 24.1. The molecule has 0 aromatic heterocycles. The Balaban J connectivity index is 4.13. The summed E-state index contributed by atoms with van der Waals surface area (Å²) in [5.74, 6) is -0.620. The lowest BCUT2D eigenvalue weighted by molar-refractivity contribution is -0.141. The molecule has 0 fully saturated rings. The van der Waals surface area contributed by atoms with Crippen LogP contribution in [0.5, 0.6) is 0 Å². The van der Waals surface area contributed by atoms with Crippen molar-refractivity contribution in [2.24, 2.45) is 0 Å². The van der Waals surface area contributed by atoms with Crippen LogP contribution in [0.1, 0.15) is 19.3 Å². The molecule has 0 rings (SSSR count). The van der Waals surface area contributed by atoms with Gasteiger partial charge in [-0.1, -0.05) is 0 Å². The van der Waals surface area contributed by atoms with Crippen molar-refractivity contribution in [3.05, 3.63) is 0 Å². The van der Waals surface area contributed by atoms with E-state index in [1.807, 2.05) is 4.90 Å². The van der Waals surface area contributed by atoms with Gasteiger partial charge in [0.05, 0.1) is 27.1 Å². The molecule has 0 aliphatic carbocycles. The Morgan fingerprint density at radius 1 is 1.00 bits per heavy atom. The van der Waals surface area contributed by atoms with Crippen molar-refractivity contribution >= 4 is 11.9 Å². The third kappa shape index (κ3) is 9.40. The Morgan fingerprint density at radius 3 is 1.84 bits per heavy atom. The molecular formula is C12H23NO6. The molecule has 0 saturated heterocycles. The quantitative estimate of drug-likeness (QED) is 0.436. The Labute approximate surface area is 113 Å². The summed E-state index contributed by atoms with van der Waals surface area (Å²) in [5, 5.41) is 9.32. The van der Waals surface area contributed by atoms with Crippen LogP contribution in [-0.2, 0) is 23.8 Å². The highest BCUT2D eigenvalue weighted by Gasteiger charge is 2.12. The highest BCUT2D eigenvalue weighted by molar-refractivity contribution is 5.70. The number of ether oxygens (including phenoxy) is 3. The number of carbonyl (C=O) groups is 2. The van der Waals surface area contributed by atoms with Gasteiger partial charge < -0.3 is 24.2 Å². The number of methoxy groups -OCH3 is 3. The lowest BCUT2D eigenvalue weighted by Gasteiger charge is -2.22. The number of esters is 2. The molecule has 19 heavy (non-hydrogen) atoms. The second kappa shape index (κ2) is 10.7. The van der Waals surface area contributed by atoms with Crippen LogP contribution in [0.15, 0.2) is 0 Å². The van der Waals surface area contributed by atoms with E-state index < -0.39 is 6.29 Å². The number of rotatable bonds is 10. The average Bonchev–Trinajstić information content (AvgIpc) is 2.44. The maximum absolute atomic E-state index is 11.1. The molecule has 0 unspecified atom stereocenters. The van der Waals surface area contributed by atoms with E-state index in [4.69, 9.17) is 4.74 Å². The van der Waals surface area contributed by atoms with Crippen LogP contribution in [0, 0.1) is 0 Å². The summed E-state index contributed by atoms with van der Waals surface area (Å²) in [6.07, 6.45) is 0.0270. The largest absolute Gasteiger partial charge is 0.469 e. The van der Waals surface area contributed by atoms with Crippen molar-refractivity contribution < 1.29 is 28.9 Å². The van der Waals surface area contributed by atoms with Crippen LogP contribution in [-0.4, -0.2) is 69.2 Å². The van der Waals surface area contributed by atoms with E-state index >= 15 is 0 Å². The number of hydrogen-bond donors (Lipinski definition) is 1. The Kier molecular flexibility index (Phi) is 10.1. The third-order valence-electron chi connectivity index (χ3n) is 2.68. The molecule has 0 spiro atoms. The first-order chi connectivity index (χ1) is 9.03. The smallest absolute Gasteiger partial charge is 0.306 e. The van der Waals surface area contributed by atoms with Gasteiger partial charge in [-0.25, -0.2) is 0 Å². The van der Waals surface area contributed by atoms with Crippen LogP contribution in [0.4, 0.5) is 0 Å². The standard InChI is InChI=1S/C12H23NO6/c1-17-10(14)4-7-13(8-5-11(15)18-2)9-6-12(16)19-3/h10,14H,4-9H2,1-3H3/t10-/m1/s1. The number of carbonyl (C=O) groups excluding carboxylic acids is 2. The highest BCUT2D eigenvalue weighted by Crippen LogP contribution is 2.01. The molecule has 1 atom stereocenters. The number of aliphatic hydroxyl groups excluding tert-OH is 1. The first-order valence-electron chi connectivity index (χ1n) is 6.10. The molecule has 1 N–H and O–H groups in total. The van der Waals surface area contributed by atoms with Crippen LogP contribution in [0.3, 0.4) is 0 Å². The molecule has 112 valence electrons. The van der Waals surface area contributed by atoms with Gasteiger partial charge in [0.25, 0.3) is 0 Å². The topological polar surface area (TPSA) is 85.3 Å². The Morgan fingerprint density at radius 2 is 1.47 bits per heavy atom. The fourth-order valence-electron chi connectivity index (χ4n) is 1.45. The molecule has 0 amide bonds. The molecule has 7 heteroatoms. The predicted molar refractivity (Wildman–Crippen MR) is 67.3 cm³/mol. The van der Waals surface area contributed by atoms with Crippen LogP contribution in [0.2, 0.25) is 0 Å². The van der Waals surface area contributed by atoms with E-state index in [9.17, 15) is 14.7 Å². The van der Waals surface area contributed by atoms with Crippen LogP contribution < -0.4 is 0 Å². The van der Waals surface area contributed by atoms with E-state index in [0.29, 0.717) is 26.1 Å². The highest BCUT2D eigenvalue weighted by atomic mass is 16.6. The van der Waals surface area contributed by atoms with Crippen molar-refractivity contribution in [1.29, 1.82) is 0 Å². The van der Waals surface area contributed by atoms with E-state index in [0.717, 1.165) is 0 Å². The molecule has 0 aromatic carbocycles. The van der Waals surface area contributed by atoms with E-state index in [2.05, 4.69) is 9.47 Å². The minimum atomic E-state index is -0.848. The SMILES string of the molecule is COC(=O)CCN(CCC(=O)OC)CC[C@H](O)OC. The molecule has 0 aliphatic heterocycles. The first kappa shape index (κ1) is 17.8. The zero-order chi connectivity index (χ0) is 14.7. The normalized spacial score (nSPS) is 12.3. The second-order valence-corrected chi connectivity index (χ2v) is 3.97. The van der Waals surface area contributed by atoms with Crippen molar-refractivity contribution in [2.75, 3.05) is 41.0 Å². The molecule has 0 bridgehead atoms. The van der Waals surface area contributed by atoms with Gasteiger partial charge in [0.1, 0.15) is 0 Å². The van der Waals surface area contributed by atoms with E-state index in [1.54, 1.807) is 0 Å². The lowest BCUT2D eigenvalue weighted by Crippen LogP contribution is -2.32. The summed E-state index contributed by atoms with van der Waals surface area (Å²) in [5.41, 5.74) is 0. The van der Waals surface area contributed by atoms with Gasteiger partial charge in [-0.3, -0.25) is 9.59 Å². The van der Waals surface area contributed by atoms with Gasteiger partial charge in [0.15, 0.2) is 6.29 Å². The van der Waals surface area contributed by atoms with E-state index in [1.165, 1.54) is 21.3 Å². The molecule has 0 aromatic rings. The molecule has 0 heterocycles. The monoisotopic (exact) mass is 277 g/mol. The third-order valence-corrected chi connectivity index (χ3v) is 2.68.